The second-order valence-corrected chi connectivity index (χ2v) is 7.14. The SMILES string of the molecule is CCOC(=O)CCC(=O)c1ccc(C(O)C(O)CCNC(=O)OCc2ccccc2)cc1. The lowest BCUT2D eigenvalue weighted by atomic mass is 9.99. The first-order chi connectivity index (χ1) is 15.4. The lowest BCUT2D eigenvalue weighted by Crippen LogP contribution is -2.29. The van der Waals surface area contributed by atoms with Crippen molar-refractivity contribution in [3.8, 4) is 0 Å². The molecular weight excluding hydrogens is 414 g/mol. The summed E-state index contributed by atoms with van der Waals surface area (Å²) in [6.07, 6.45) is -2.75. The first kappa shape index (κ1) is 25.0. The van der Waals surface area contributed by atoms with Gasteiger partial charge in [-0.05, 0) is 24.5 Å². The quantitative estimate of drug-likeness (QED) is 0.340. The number of hydrogen-bond donors (Lipinski definition) is 3. The van der Waals surface area contributed by atoms with E-state index < -0.39 is 24.3 Å². The van der Waals surface area contributed by atoms with Crippen LogP contribution in [0.2, 0.25) is 0 Å². The van der Waals surface area contributed by atoms with Gasteiger partial charge >= 0.3 is 12.1 Å². The zero-order valence-electron chi connectivity index (χ0n) is 18.0. The van der Waals surface area contributed by atoms with Gasteiger partial charge in [0.15, 0.2) is 5.78 Å². The third-order valence-electron chi connectivity index (χ3n) is 4.72. The fourth-order valence-electron chi connectivity index (χ4n) is 2.94. The minimum atomic E-state index is -1.18. The van der Waals surface area contributed by atoms with Crippen molar-refractivity contribution in [3.05, 3.63) is 71.3 Å². The number of rotatable bonds is 12. The number of benzene rings is 2. The number of carbonyl (C=O) groups excluding carboxylic acids is 3. The first-order valence-electron chi connectivity index (χ1n) is 10.5. The van der Waals surface area contributed by atoms with Crippen molar-refractivity contribution in [1.29, 1.82) is 0 Å². The molecule has 0 bridgehead atoms. The Morgan fingerprint density at radius 2 is 1.62 bits per heavy atom. The summed E-state index contributed by atoms with van der Waals surface area (Å²) >= 11 is 0. The average Bonchev–Trinajstić information content (AvgIpc) is 2.81. The van der Waals surface area contributed by atoms with E-state index in [1.807, 2.05) is 30.3 Å². The molecule has 172 valence electrons. The second-order valence-electron chi connectivity index (χ2n) is 7.14. The summed E-state index contributed by atoms with van der Waals surface area (Å²) < 4.78 is 9.88. The minimum absolute atomic E-state index is 0.0105. The van der Waals surface area contributed by atoms with Crippen LogP contribution in [0.25, 0.3) is 0 Å². The molecule has 0 heterocycles. The summed E-state index contributed by atoms with van der Waals surface area (Å²) in [5, 5.41) is 23.1. The van der Waals surface area contributed by atoms with Gasteiger partial charge in [0, 0.05) is 18.5 Å². The number of hydrogen-bond acceptors (Lipinski definition) is 7. The Labute approximate surface area is 187 Å². The summed E-state index contributed by atoms with van der Waals surface area (Å²) in [4.78, 5) is 35.2. The number of ketones is 1. The van der Waals surface area contributed by atoms with Gasteiger partial charge < -0.3 is 25.0 Å². The number of aliphatic hydroxyl groups is 2. The van der Waals surface area contributed by atoms with E-state index in [2.05, 4.69) is 5.32 Å². The van der Waals surface area contributed by atoms with E-state index in [1.165, 1.54) is 12.1 Å². The monoisotopic (exact) mass is 443 g/mol. The van der Waals surface area contributed by atoms with Crippen molar-refractivity contribution in [2.24, 2.45) is 0 Å². The van der Waals surface area contributed by atoms with Crippen molar-refractivity contribution in [2.75, 3.05) is 13.2 Å². The highest BCUT2D eigenvalue weighted by atomic mass is 16.5. The van der Waals surface area contributed by atoms with Crippen LogP contribution in [0, 0.1) is 0 Å². The van der Waals surface area contributed by atoms with Crippen molar-refractivity contribution in [3.63, 3.8) is 0 Å². The molecule has 2 aromatic rings. The van der Waals surface area contributed by atoms with E-state index in [0.717, 1.165) is 5.56 Å². The molecule has 0 fully saturated rings. The normalized spacial score (nSPS) is 12.5. The van der Waals surface area contributed by atoms with Gasteiger partial charge in [-0.15, -0.1) is 0 Å². The van der Waals surface area contributed by atoms with E-state index in [0.29, 0.717) is 11.1 Å². The van der Waals surface area contributed by atoms with Gasteiger partial charge in [-0.25, -0.2) is 4.79 Å². The molecule has 8 nitrogen and oxygen atoms in total. The molecule has 0 aliphatic heterocycles. The molecule has 0 aliphatic rings. The number of aliphatic hydroxyl groups excluding tert-OH is 2. The zero-order valence-corrected chi connectivity index (χ0v) is 18.0. The summed E-state index contributed by atoms with van der Waals surface area (Å²) in [5.74, 6) is -0.633. The Hall–Kier alpha value is -3.23. The molecular formula is C24H29NO7. The Morgan fingerprint density at radius 3 is 2.28 bits per heavy atom. The third-order valence-corrected chi connectivity index (χ3v) is 4.72. The lowest BCUT2D eigenvalue weighted by molar-refractivity contribution is -0.143. The molecule has 8 heteroatoms. The predicted octanol–water partition coefficient (Wildman–Crippen LogP) is 2.92. The van der Waals surface area contributed by atoms with Crippen molar-refractivity contribution >= 4 is 17.8 Å². The predicted molar refractivity (Wildman–Crippen MR) is 117 cm³/mol. The molecule has 0 saturated carbocycles. The smallest absolute Gasteiger partial charge is 0.407 e. The molecule has 0 saturated heterocycles. The maximum atomic E-state index is 12.1. The lowest BCUT2D eigenvalue weighted by Gasteiger charge is -2.18. The highest BCUT2D eigenvalue weighted by molar-refractivity contribution is 5.97. The van der Waals surface area contributed by atoms with E-state index in [-0.39, 0.29) is 44.8 Å². The molecule has 2 rings (SSSR count). The van der Waals surface area contributed by atoms with Gasteiger partial charge in [0.2, 0.25) is 0 Å². The van der Waals surface area contributed by atoms with Crippen molar-refractivity contribution < 1.29 is 34.1 Å². The summed E-state index contributed by atoms with van der Waals surface area (Å²) in [7, 11) is 0. The molecule has 3 N–H and O–H groups in total. The van der Waals surface area contributed by atoms with E-state index in [4.69, 9.17) is 9.47 Å². The number of ether oxygens (including phenoxy) is 2. The Kier molecular flexibility index (Phi) is 10.4. The van der Waals surface area contributed by atoms with Crippen LogP contribution in [0.15, 0.2) is 54.6 Å². The van der Waals surface area contributed by atoms with Crippen LogP contribution in [0.1, 0.15) is 53.8 Å². The Morgan fingerprint density at radius 1 is 0.938 bits per heavy atom. The van der Waals surface area contributed by atoms with Crippen LogP contribution in [-0.2, 0) is 20.9 Å². The van der Waals surface area contributed by atoms with Crippen molar-refractivity contribution in [1.82, 2.24) is 5.32 Å². The highest BCUT2D eigenvalue weighted by Crippen LogP contribution is 2.20. The van der Waals surface area contributed by atoms with Crippen molar-refractivity contribution in [2.45, 2.75) is 45.0 Å². The summed E-state index contributed by atoms with van der Waals surface area (Å²) in [6.45, 7) is 2.23. The van der Waals surface area contributed by atoms with Crippen LogP contribution in [-0.4, -0.2) is 47.3 Å². The standard InChI is InChI=1S/C24H29NO7/c1-2-31-22(28)13-12-20(26)18-8-10-19(11-9-18)23(29)21(27)14-15-25-24(30)32-16-17-6-4-3-5-7-17/h3-11,21,23,27,29H,2,12-16H2,1H3,(H,25,30). The van der Waals surface area contributed by atoms with Crippen LogP contribution < -0.4 is 5.32 Å². The third kappa shape index (κ3) is 8.49. The van der Waals surface area contributed by atoms with Gasteiger partial charge in [0.25, 0.3) is 0 Å². The molecule has 0 spiro atoms. The number of alkyl carbamates (subject to hydrolysis) is 1. The van der Waals surface area contributed by atoms with Crippen LogP contribution in [0.4, 0.5) is 4.79 Å². The highest BCUT2D eigenvalue weighted by Gasteiger charge is 2.19. The minimum Gasteiger partial charge on any atom is -0.466 e. The molecule has 0 radical (unpaired) electrons. The maximum Gasteiger partial charge on any atom is 0.407 e. The topological polar surface area (TPSA) is 122 Å². The van der Waals surface area contributed by atoms with E-state index in [9.17, 15) is 24.6 Å². The van der Waals surface area contributed by atoms with E-state index >= 15 is 0 Å². The molecule has 1 amide bonds. The number of esters is 1. The number of Topliss-reactive ketones (excluding diaryl/α,β-unsaturated/α-hetero) is 1. The molecule has 2 unspecified atom stereocenters. The fraction of sp³-hybridized carbons (Fsp3) is 0.375. The van der Waals surface area contributed by atoms with Gasteiger partial charge in [-0.3, -0.25) is 9.59 Å². The summed E-state index contributed by atoms with van der Waals surface area (Å²) in [6, 6.07) is 15.4. The van der Waals surface area contributed by atoms with Gasteiger partial charge in [-0.2, -0.15) is 0 Å². The largest absolute Gasteiger partial charge is 0.466 e. The van der Waals surface area contributed by atoms with Gasteiger partial charge in [0.05, 0.1) is 19.1 Å². The molecule has 32 heavy (non-hydrogen) atoms. The fourth-order valence-corrected chi connectivity index (χ4v) is 2.94. The summed E-state index contributed by atoms with van der Waals surface area (Å²) in [5.41, 5.74) is 1.70. The Balaban J connectivity index is 1.73. The van der Waals surface area contributed by atoms with Gasteiger partial charge in [-0.1, -0.05) is 54.6 Å². The van der Waals surface area contributed by atoms with Gasteiger partial charge in [0.1, 0.15) is 12.7 Å². The number of nitrogens with one attached hydrogen (secondary N) is 1. The van der Waals surface area contributed by atoms with Crippen LogP contribution >= 0.6 is 0 Å². The number of amides is 1. The molecule has 2 atom stereocenters. The maximum absolute atomic E-state index is 12.1. The zero-order chi connectivity index (χ0) is 23.3. The van der Waals surface area contributed by atoms with E-state index in [1.54, 1.807) is 19.1 Å². The number of carbonyl (C=O) groups is 3. The van der Waals surface area contributed by atoms with Crippen LogP contribution in [0.3, 0.4) is 0 Å². The second kappa shape index (κ2) is 13.2. The molecule has 0 aromatic heterocycles. The molecule has 0 aliphatic carbocycles. The van der Waals surface area contributed by atoms with Crippen LogP contribution in [0.5, 0.6) is 0 Å². The first-order valence-corrected chi connectivity index (χ1v) is 10.5. The Bertz CT molecular complexity index is 868. The average molecular weight is 443 g/mol. The molecule has 2 aromatic carbocycles.